The lowest BCUT2D eigenvalue weighted by atomic mass is 10.6. The van der Waals surface area contributed by atoms with Gasteiger partial charge in [-0.25, -0.2) is 0 Å². The van der Waals surface area contributed by atoms with Crippen molar-refractivity contribution in [3.63, 3.8) is 0 Å². The van der Waals surface area contributed by atoms with Crippen molar-refractivity contribution in [3.8, 4) is 0 Å². The summed E-state index contributed by atoms with van der Waals surface area (Å²) in [5, 5.41) is 0. The Bertz CT molecular complexity index is 64.6. The van der Waals surface area contributed by atoms with Crippen molar-refractivity contribution < 1.29 is 14.5 Å². The van der Waals surface area contributed by atoms with E-state index in [1.807, 2.05) is 0 Å². The summed E-state index contributed by atoms with van der Waals surface area (Å²) in [6, 6.07) is 0. The highest BCUT2D eigenvalue weighted by molar-refractivity contribution is 4.59. The van der Waals surface area contributed by atoms with Crippen LogP contribution in [0.25, 0.3) is 0 Å². The lowest BCUT2D eigenvalue weighted by Gasteiger charge is -1.95. The monoisotopic (exact) mass is 105 g/mol. The van der Waals surface area contributed by atoms with Crippen LogP contribution in [0.2, 0.25) is 0 Å². The van der Waals surface area contributed by atoms with Gasteiger partial charge in [0.15, 0.2) is 0 Å². The fourth-order valence-corrected chi connectivity index (χ4v) is 0.266. The summed E-state index contributed by atoms with van der Waals surface area (Å²) in [5.74, 6) is -0.889. The van der Waals surface area contributed by atoms with E-state index >= 15 is 0 Å². The molecule has 1 saturated heterocycles. The zero-order chi connectivity index (χ0) is 5.33. The van der Waals surface area contributed by atoms with E-state index in [0.29, 0.717) is 0 Å². The van der Waals surface area contributed by atoms with Crippen molar-refractivity contribution >= 4 is 0 Å². The summed E-state index contributed by atoms with van der Waals surface area (Å²) in [7, 11) is 1.47. The van der Waals surface area contributed by atoms with Gasteiger partial charge in [-0.1, -0.05) is 0 Å². The zero-order valence-electron chi connectivity index (χ0n) is 4.01. The summed E-state index contributed by atoms with van der Waals surface area (Å²) in [6.45, 7) is 0.240. The molecule has 1 aliphatic heterocycles. The Morgan fingerprint density at radius 1 is 1.71 bits per heavy atom. The van der Waals surface area contributed by atoms with Crippen LogP contribution in [0.3, 0.4) is 0 Å². The van der Waals surface area contributed by atoms with E-state index in [-0.39, 0.29) is 6.54 Å². The number of hydrogen-bond donors (Lipinski definition) is 1. The predicted octanol–water partition coefficient (Wildman–Crippen LogP) is -0.793. The number of nitrogens with two attached hydrogens (primary N) is 1. The average molecular weight is 105 g/mol. The highest BCUT2D eigenvalue weighted by atomic mass is 17.4. The van der Waals surface area contributed by atoms with Crippen LogP contribution in [0, 0.1) is 0 Å². The molecule has 1 heterocycles. The van der Waals surface area contributed by atoms with Crippen LogP contribution in [0.4, 0.5) is 0 Å². The Balaban J connectivity index is 2.28. The Kier molecular flexibility index (Phi) is 1.01. The van der Waals surface area contributed by atoms with Gasteiger partial charge in [-0.15, -0.1) is 0 Å². The van der Waals surface area contributed by atoms with Gasteiger partial charge in [0.25, 0.3) is 0 Å². The van der Waals surface area contributed by atoms with Gasteiger partial charge in [0.2, 0.25) is 0 Å². The molecule has 1 rings (SSSR count). The van der Waals surface area contributed by atoms with Crippen LogP contribution < -0.4 is 5.73 Å². The van der Waals surface area contributed by atoms with E-state index in [4.69, 9.17) is 5.73 Å². The van der Waals surface area contributed by atoms with Crippen molar-refractivity contribution in [2.24, 2.45) is 5.73 Å². The Morgan fingerprint density at radius 3 is 2.29 bits per heavy atom. The van der Waals surface area contributed by atoms with E-state index in [1.165, 1.54) is 7.11 Å². The molecular formula is C3H7NO3. The van der Waals surface area contributed by atoms with E-state index < -0.39 is 5.97 Å². The standard InChI is InChI=1S/C3H7NO3/c1-5-3(2-4)6-7-3/h2,4H2,1H3. The minimum atomic E-state index is -0.889. The minimum Gasteiger partial charge on any atom is -0.326 e. The molecule has 0 amide bonds. The first kappa shape index (κ1) is 4.99. The van der Waals surface area contributed by atoms with Crippen molar-refractivity contribution in [1.82, 2.24) is 0 Å². The predicted molar refractivity (Wildman–Crippen MR) is 21.0 cm³/mol. The van der Waals surface area contributed by atoms with E-state index in [2.05, 4.69) is 14.5 Å². The maximum absolute atomic E-state index is 5.10. The molecule has 42 valence electrons. The molecule has 4 heteroatoms. The average Bonchev–Trinajstić information content (AvgIpc) is 2.46. The number of ether oxygens (including phenoxy) is 1. The molecule has 0 aliphatic carbocycles. The molecule has 1 aliphatic rings. The molecule has 0 aromatic rings. The lowest BCUT2D eigenvalue weighted by molar-refractivity contribution is -0.0112. The van der Waals surface area contributed by atoms with E-state index in [0.717, 1.165) is 0 Å². The molecule has 0 radical (unpaired) electrons. The van der Waals surface area contributed by atoms with Gasteiger partial charge < -0.3 is 10.5 Å². The molecule has 2 N–H and O–H groups in total. The van der Waals surface area contributed by atoms with Crippen LogP contribution >= 0.6 is 0 Å². The van der Waals surface area contributed by atoms with Crippen molar-refractivity contribution in [1.29, 1.82) is 0 Å². The summed E-state index contributed by atoms with van der Waals surface area (Å²) in [6.07, 6.45) is 0. The second kappa shape index (κ2) is 1.41. The van der Waals surface area contributed by atoms with Crippen LogP contribution in [0.5, 0.6) is 0 Å². The van der Waals surface area contributed by atoms with Crippen LogP contribution in [0.15, 0.2) is 0 Å². The molecule has 0 bridgehead atoms. The van der Waals surface area contributed by atoms with Crippen LogP contribution in [-0.2, 0) is 14.5 Å². The normalized spacial score (nSPS) is 24.9. The smallest absolute Gasteiger partial charge is 0.326 e. The molecule has 0 spiro atoms. The first-order chi connectivity index (χ1) is 3.33. The van der Waals surface area contributed by atoms with Crippen molar-refractivity contribution in [2.75, 3.05) is 13.7 Å². The summed E-state index contributed by atoms with van der Waals surface area (Å²) >= 11 is 0. The molecule has 4 nitrogen and oxygen atoms in total. The minimum absolute atomic E-state index is 0.240. The fourth-order valence-electron chi connectivity index (χ4n) is 0.266. The van der Waals surface area contributed by atoms with Gasteiger partial charge in [0.05, 0.1) is 6.54 Å². The van der Waals surface area contributed by atoms with Gasteiger partial charge in [0, 0.05) is 7.11 Å². The van der Waals surface area contributed by atoms with Gasteiger partial charge in [0.1, 0.15) is 0 Å². The third-order valence-corrected chi connectivity index (χ3v) is 0.830. The lowest BCUT2D eigenvalue weighted by Crippen LogP contribution is -2.24. The molecule has 0 aromatic carbocycles. The fraction of sp³-hybridized carbons (Fsp3) is 1.00. The zero-order valence-corrected chi connectivity index (χ0v) is 4.01. The second-order valence-corrected chi connectivity index (χ2v) is 1.26. The highest BCUT2D eigenvalue weighted by Gasteiger charge is 2.48. The molecule has 1 fully saturated rings. The topological polar surface area (TPSA) is 60.3 Å². The van der Waals surface area contributed by atoms with E-state index in [9.17, 15) is 0 Å². The summed E-state index contributed by atoms with van der Waals surface area (Å²) < 4.78 is 4.63. The molecule has 0 saturated carbocycles. The maximum Gasteiger partial charge on any atom is 0.352 e. The summed E-state index contributed by atoms with van der Waals surface area (Å²) in [4.78, 5) is 8.69. The van der Waals surface area contributed by atoms with Crippen LogP contribution in [0.1, 0.15) is 0 Å². The molecule has 7 heavy (non-hydrogen) atoms. The SMILES string of the molecule is COC1(CN)OO1. The van der Waals surface area contributed by atoms with E-state index in [1.54, 1.807) is 0 Å². The van der Waals surface area contributed by atoms with Crippen molar-refractivity contribution in [2.45, 2.75) is 5.97 Å². The maximum atomic E-state index is 5.10. The van der Waals surface area contributed by atoms with Gasteiger partial charge >= 0.3 is 5.97 Å². The largest absolute Gasteiger partial charge is 0.352 e. The van der Waals surface area contributed by atoms with Gasteiger partial charge in [-0.3, -0.25) is 0 Å². The first-order valence-electron chi connectivity index (χ1n) is 1.95. The number of methoxy groups -OCH3 is 1. The first-order valence-corrected chi connectivity index (χ1v) is 1.95. The molecule has 0 aromatic heterocycles. The van der Waals surface area contributed by atoms with Gasteiger partial charge in [-0.2, -0.15) is 9.78 Å². The van der Waals surface area contributed by atoms with Crippen LogP contribution in [-0.4, -0.2) is 19.6 Å². The number of hydrogen-bond acceptors (Lipinski definition) is 4. The highest BCUT2D eigenvalue weighted by Crippen LogP contribution is 2.27. The molecule has 0 atom stereocenters. The molecule has 0 unspecified atom stereocenters. The Hall–Kier alpha value is -0.160. The van der Waals surface area contributed by atoms with Crippen molar-refractivity contribution in [3.05, 3.63) is 0 Å². The quantitative estimate of drug-likeness (QED) is 0.369. The van der Waals surface area contributed by atoms with Gasteiger partial charge in [-0.05, 0) is 0 Å². The summed E-state index contributed by atoms with van der Waals surface area (Å²) in [5.41, 5.74) is 5.10. The third kappa shape index (κ3) is 0.733. The third-order valence-electron chi connectivity index (χ3n) is 0.830. The Morgan fingerprint density at radius 2 is 2.29 bits per heavy atom. The Labute approximate surface area is 41.1 Å². The number of rotatable bonds is 2. The second-order valence-electron chi connectivity index (χ2n) is 1.26. The molecular weight excluding hydrogens is 98.0 g/mol.